The van der Waals surface area contributed by atoms with Gasteiger partial charge in [0, 0.05) is 22.9 Å². The standard InChI is InChI=1S/C24H20N2O3S/c1-16-10-12-17(13-11-16)23-15-21(20-8-3-4-9-22(20)26-23)24(27)25-18-6-5-7-19(14-18)30(2,28)29/h3-15H,1-2H3,(H,25,27). The number of rotatable bonds is 4. The lowest BCUT2D eigenvalue weighted by molar-refractivity contribution is 0.102. The van der Waals surface area contributed by atoms with E-state index in [4.69, 9.17) is 4.98 Å². The highest BCUT2D eigenvalue weighted by Gasteiger charge is 2.15. The first-order valence-electron chi connectivity index (χ1n) is 9.39. The van der Waals surface area contributed by atoms with E-state index in [0.29, 0.717) is 22.5 Å². The molecule has 0 radical (unpaired) electrons. The number of nitrogens with zero attached hydrogens (tertiary/aromatic N) is 1. The SMILES string of the molecule is Cc1ccc(-c2cc(C(=O)Nc3cccc(S(C)(=O)=O)c3)c3ccccc3n2)cc1. The molecule has 5 nitrogen and oxygen atoms in total. The summed E-state index contributed by atoms with van der Waals surface area (Å²) in [5.74, 6) is -0.326. The van der Waals surface area contributed by atoms with Crippen molar-refractivity contribution in [2.75, 3.05) is 11.6 Å². The molecule has 0 bridgehead atoms. The van der Waals surface area contributed by atoms with Crippen molar-refractivity contribution in [2.45, 2.75) is 11.8 Å². The average molecular weight is 417 g/mol. The van der Waals surface area contributed by atoms with Crippen LogP contribution >= 0.6 is 0 Å². The van der Waals surface area contributed by atoms with E-state index < -0.39 is 9.84 Å². The number of amides is 1. The lowest BCUT2D eigenvalue weighted by Gasteiger charge is -2.11. The predicted molar refractivity (Wildman–Crippen MR) is 119 cm³/mol. The third-order valence-corrected chi connectivity index (χ3v) is 5.94. The van der Waals surface area contributed by atoms with Crippen LogP contribution in [0, 0.1) is 6.92 Å². The van der Waals surface area contributed by atoms with Crippen LogP contribution in [0.5, 0.6) is 0 Å². The van der Waals surface area contributed by atoms with Crippen molar-refractivity contribution in [3.63, 3.8) is 0 Å². The number of nitrogens with one attached hydrogen (secondary N) is 1. The van der Waals surface area contributed by atoms with Gasteiger partial charge in [0.15, 0.2) is 9.84 Å². The molecule has 0 saturated heterocycles. The van der Waals surface area contributed by atoms with E-state index in [1.165, 1.54) is 12.1 Å². The fraction of sp³-hybridized carbons (Fsp3) is 0.0833. The molecule has 3 aromatic carbocycles. The molecule has 6 heteroatoms. The lowest BCUT2D eigenvalue weighted by Crippen LogP contribution is -2.13. The maximum atomic E-state index is 13.1. The molecule has 0 aliphatic heterocycles. The Kier molecular flexibility index (Phi) is 5.10. The van der Waals surface area contributed by atoms with Crippen molar-refractivity contribution >= 4 is 32.3 Å². The van der Waals surface area contributed by atoms with Crippen molar-refractivity contribution in [1.29, 1.82) is 0 Å². The van der Waals surface area contributed by atoms with Crippen LogP contribution < -0.4 is 5.32 Å². The fourth-order valence-electron chi connectivity index (χ4n) is 3.24. The molecule has 1 heterocycles. The summed E-state index contributed by atoms with van der Waals surface area (Å²) < 4.78 is 23.6. The quantitative estimate of drug-likeness (QED) is 0.515. The van der Waals surface area contributed by atoms with Gasteiger partial charge in [-0.3, -0.25) is 4.79 Å². The zero-order valence-electron chi connectivity index (χ0n) is 16.6. The van der Waals surface area contributed by atoms with Crippen LogP contribution in [0.25, 0.3) is 22.2 Å². The van der Waals surface area contributed by atoms with Gasteiger partial charge in [-0.25, -0.2) is 13.4 Å². The highest BCUT2D eigenvalue weighted by molar-refractivity contribution is 7.90. The number of carbonyl (C=O) groups excluding carboxylic acids is 1. The first-order chi connectivity index (χ1) is 14.3. The number of aromatic nitrogens is 1. The summed E-state index contributed by atoms with van der Waals surface area (Å²) in [7, 11) is -3.37. The number of carbonyl (C=O) groups is 1. The maximum absolute atomic E-state index is 13.1. The van der Waals surface area contributed by atoms with Crippen LogP contribution in [0.15, 0.2) is 83.8 Å². The molecule has 0 unspecified atom stereocenters. The maximum Gasteiger partial charge on any atom is 0.256 e. The van der Waals surface area contributed by atoms with Crippen LogP contribution in [0.2, 0.25) is 0 Å². The van der Waals surface area contributed by atoms with Gasteiger partial charge in [0.25, 0.3) is 5.91 Å². The van der Waals surface area contributed by atoms with Gasteiger partial charge in [0.2, 0.25) is 0 Å². The summed E-state index contributed by atoms with van der Waals surface area (Å²) in [6, 6.07) is 23.4. The number of fused-ring (bicyclic) bond motifs is 1. The molecule has 1 aromatic heterocycles. The Bertz CT molecular complexity index is 1360. The van der Waals surface area contributed by atoms with Gasteiger partial charge >= 0.3 is 0 Å². The molecule has 1 amide bonds. The van der Waals surface area contributed by atoms with Crippen LogP contribution in [-0.4, -0.2) is 25.6 Å². The van der Waals surface area contributed by atoms with Crippen molar-refractivity contribution in [1.82, 2.24) is 4.98 Å². The Morgan fingerprint density at radius 1 is 0.900 bits per heavy atom. The molecular formula is C24H20N2O3S. The average Bonchev–Trinajstić information content (AvgIpc) is 2.73. The van der Waals surface area contributed by atoms with Crippen LogP contribution in [0.1, 0.15) is 15.9 Å². The minimum absolute atomic E-state index is 0.153. The summed E-state index contributed by atoms with van der Waals surface area (Å²) in [5, 5.41) is 3.55. The molecule has 0 fully saturated rings. The summed E-state index contributed by atoms with van der Waals surface area (Å²) in [4.78, 5) is 18.0. The topological polar surface area (TPSA) is 76.1 Å². The third-order valence-electron chi connectivity index (χ3n) is 4.83. The van der Waals surface area contributed by atoms with E-state index >= 15 is 0 Å². The van der Waals surface area contributed by atoms with E-state index in [1.807, 2.05) is 55.5 Å². The number of sulfone groups is 1. The predicted octanol–water partition coefficient (Wildman–Crippen LogP) is 4.87. The normalized spacial score (nSPS) is 11.4. The van der Waals surface area contributed by atoms with Crippen molar-refractivity contribution in [2.24, 2.45) is 0 Å². The van der Waals surface area contributed by atoms with Crippen molar-refractivity contribution < 1.29 is 13.2 Å². The molecule has 0 atom stereocenters. The summed E-state index contributed by atoms with van der Waals surface area (Å²) in [5.41, 5.74) is 4.36. The Morgan fingerprint density at radius 2 is 1.63 bits per heavy atom. The number of anilines is 1. The second-order valence-corrected chi connectivity index (χ2v) is 9.21. The zero-order valence-corrected chi connectivity index (χ0v) is 17.4. The molecule has 0 aliphatic rings. The number of pyridine rings is 1. The molecule has 1 N–H and O–H groups in total. The monoisotopic (exact) mass is 416 g/mol. The highest BCUT2D eigenvalue weighted by atomic mass is 32.2. The Labute approximate surface area is 175 Å². The Morgan fingerprint density at radius 3 is 2.37 bits per heavy atom. The van der Waals surface area contributed by atoms with Gasteiger partial charge in [-0.15, -0.1) is 0 Å². The van der Waals surface area contributed by atoms with Gasteiger partial charge in [0.05, 0.1) is 21.7 Å². The van der Waals surface area contributed by atoms with Crippen LogP contribution in [-0.2, 0) is 9.84 Å². The summed E-state index contributed by atoms with van der Waals surface area (Å²) >= 11 is 0. The van der Waals surface area contributed by atoms with E-state index in [1.54, 1.807) is 18.2 Å². The molecular weight excluding hydrogens is 396 g/mol. The molecule has 0 aliphatic carbocycles. The van der Waals surface area contributed by atoms with Crippen LogP contribution in [0.3, 0.4) is 0 Å². The van der Waals surface area contributed by atoms with E-state index in [-0.39, 0.29) is 10.8 Å². The first-order valence-corrected chi connectivity index (χ1v) is 11.3. The van der Waals surface area contributed by atoms with Crippen molar-refractivity contribution in [3.05, 3.63) is 90.0 Å². The second kappa shape index (κ2) is 7.72. The highest BCUT2D eigenvalue weighted by Crippen LogP contribution is 2.26. The molecule has 150 valence electrons. The molecule has 4 aromatic rings. The van der Waals surface area contributed by atoms with Crippen LogP contribution in [0.4, 0.5) is 5.69 Å². The Hall–Kier alpha value is -3.51. The zero-order chi connectivity index (χ0) is 21.3. The number of para-hydroxylation sites is 1. The van der Waals surface area contributed by atoms with Gasteiger partial charge < -0.3 is 5.32 Å². The lowest BCUT2D eigenvalue weighted by atomic mass is 10.0. The Balaban J connectivity index is 1.78. The van der Waals surface area contributed by atoms with E-state index in [9.17, 15) is 13.2 Å². The van der Waals surface area contributed by atoms with Crippen molar-refractivity contribution in [3.8, 4) is 11.3 Å². The smallest absolute Gasteiger partial charge is 0.256 e. The van der Waals surface area contributed by atoms with E-state index in [0.717, 1.165) is 22.8 Å². The van der Waals surface area contributed by atoms with Gasteiger partial charge in [-0.05, 0) is 37.3 Å². The van der Waals surface area contributed by atoms with Gasteiger partial charge in [-0.2, -0.15) is 0 Å². The van der Waals surface area contributed by atoms with E-state index in [2.05, 4.69) is 5.32 Å². The third kappa shape index (κ3) is 4.09. The number of aryl methyl sites for hydroxylation is 1. The van der Waals surface area contributed by atoms with Gasteiger partial charge in [0.1, 0.15) is 0 Å². The second-order valence-electron chi connectivity index (χ2n) is 7.19. The molecule has 30 heavy (non-hydrogen) atoms. The molecule has 4 rings (SSSR count). The minimum Gasteiger partial charge on any atom is -0.322 e. The number of hydrogen-bond acceptors (Lipinski definition) is 4. The minimum atomic E-state index is -3.37. The largest absolute Gasteiger partial charge is 0.322 e. The first kappa shape index (κ1) is 19.8. The fourth-order valence-corrected chi connectivity index (χ4v) is 3.91. The number of hydrogen-bond donors (Lipinski definition) is 1. The number of benzene rings is 3. The molecule has 0 spiro atoms. The summed E-state index contributed by atoms with van der Waals surface area (Å²) in [6.07, 6.45) is 1.14. The molecule has 0 saturated carbocycles. The van der Waals surface area contributed by atoms with Gasteiger partial charge in [-0.1, -0.05) is 54.1 Å². The summed E-state index contributed by atoms with van der Waals surface area (Å²) in [6.45, 7) is 2.01.